The third-order valence-electron chi connectivity index (χ3n) is 5.98. The molecule has 0 atom stereocenters. The molecule has 0 saturated heterocycles. The Hall–Kier alpha value is -3.60. The number of aromatic nitrogens is 2. The monoisotopic (exact) mass is 572 g/mol. The van der Waals surface area contributed by atoms with Gasteiger partial charge in [-0.3, -0.25) is 4.79 Å². The first kappa shape index (κ1) is 27.4. The van der Waals surface area contributed by atoms with Crippen molar-refractivity contribution in [1.29, 1.82) is 0 Å². The van der Waals surface area contributed by atoms with Gasteiger partial charge in [0.25, 0.3) is 0 Å². The van der Waals surface area contributed by atoms with Gasteiger partial charge in [-0.25, -0.2) is 4.98 Å². The second-order valence-electron chi connectivity index (χ2n) is 8.23. The van der Waals surface area contributed by atoms with Gasteiger partial charge >= 0.3 is 0 Å². The topological polar surface area (TPSA) is 91.8 Å². The van der Waals surface area contributed by atoms with Crippen LogP contribution in [-0.2, 0) is 11.3 Å². The summed E-state index contributed by atoms with van der Waals surface area (Å²) < 4.78 is 10.9. The Labute approximate surface area is 236 Å². The summed E-state index contributed by atoms with van der Waals surface area (Å²) in [4.78, 5) is 24.9. The third-order valence-corrected chi connectivity index (χ3v) is 7.15. The number of hydrogen-bond donors (Lipinski definition) is 2. The lowest BCUT2D eigenvalue weighted by Gasteiger charge is -2.39. The number of halogens is 2. The molecule has 1 aliphatic rings. The van der Waals surface area contributed by atoms with Crippen molar-refractivity contribution in [1.82, 2.24) is 9.97 Å². The van der Waals surface area contributed by atoms with Crippen LogP contribution in [0.1, 0.15) is 18.1 Å². The first-order chi connectivity index (χ1) is 18.2. The van der Waals surface area contributed by atoms with Crippen molar-refractivity contribution >= 4 is 75.3 Å². The van der Waals surface area contributed by atoms with E-state index >= 15 is 0 Å². The molecular formula is C26H26Cl2N6O3S. The molecule has 0 unspecified atom stereocenters. The van der Waals surface area contributed by atoms with E-state index in [0.717, 1.165) is 11.1 Å². The fourth-order valence-corrected chi connectivity index (χ4v) is 5.16. The zero-order valence-corrected chi connectivity index (χ0v) is 23.6. The number of benzene rings is 2. The molecule has 9 nitrogen and oxygen atoms in total. The van der Waals surface area contributed by atoms with Crippen LogP contribution in [0, 0.1) is 6.92 Å². The van der Waals surface area contributed by atoms with Crippen LogP contribution < -0.4 is 29.9 Å². The Bertz CT molecular complexity index is 1410. The number of anilines is 5. The zero-order valence-electron chi connectivity index (χ0n) is 21.3. The largest absolute Gasteiger partial charge is 0.495 e. The van der Waals surface area contributed by atoms with E-state index in [-0.39, 0.29) is 5.91 Å². The van der Waals surface area contributed by atoms with E-state index in [0.29, 0.717) is 68.6 Å². The van der Waals surface area contributed by atoms with E-state index < -0.39 is 0 Å². The van der Waals surface area contributed by atoms with Crippen LogP contribution in [0.25, 0.3) is 0 Å². The van der Waals surface area contributed by atoms with Crippen molar-refractivity contribution in [2.75, 3.05) is 41.2 Å². The van der Waals surface area contributed by atoms with Gasteiger partial charge in [0.1, 0.15) is 27.4 Å². The van der Waals surface area contributed by atoms with Crippen LogP contribution in [0.4, 0.5) is 28.8 Å². The number of thiocarbonyl (C=S) groups is 1. The van der Waals surface area contributed by atoms with Gasteiger partial charge in [-0.2, -0.15) is 4.98 Å². The number of nitrogens with zero attached hydrogens (tertiary/aromatic N) is 4. The molecule has 0 aliphatic carbocycles. The highest BCUT2D eigenvalue weighted by atomic mass is 35.5. The Morgan fingerprint density at radius 1 is 1.24 bits per heavy atom. The van der Waals surface area contributed by atoms with Gasteiger partial charge in [0.05, 0.1) is 37.8 Å². The molecule has 198 valence electrons. The van der Waals surface area contributed by atoms with Gasteiger partial charge in [0.15, 0.2) is 5.11 Å². The van der Waals surface area contributed by atoms with Crippen molar-refractivity contribution in [2.45, 2.75) is 20.4 Å². The minimum absolute atomic E-state index is 0.313. The van der Waals surface area contributed by atoms with Gasteiger partial charge in [-0.15, -0.1) is 0 Å². The van der Waals surface area contributed by atoms with Crippen LogP contribution in [0.3, 0.4) is 0 Å². The van der Waals surface area contributed by atoms with Crippen molar-refractivity contribution in [3.05, 3.63) is 64.3 Å². The maximum atomic E-state index is 11.9. The van der Waals surface area contributed by atoms with E-state index in [1.165, 1.54) is 20.3 Å². The van der Waals surface area contributed by atoms with Gasteiger partial charge in [0.2, 0.25) is 11.9 Å². The number of hydrogen-bond acceptors (Lipinski definition) is 7. The van der Waals surface area contributed by atoms with Gasteiger partial charge in [0, 0.05) is 24.4 Å². The van der Waals surface area contributed by atoms with Crippen molar-refractivity contribution in [3.8, 4) is 11.5 Å². The van der Waals surface area contributed by atoms with E-state index in [9.17, 15) is 4.79 Å². The number of carbonyl (C=O) groups is 1. The van der Waals surface area contributed by atoms with Gasteiger partial charge in [-0.1, -0.05) is 41.9 Å². The minimum Gasteiger partial charge on any atom is -0.495 e. The van der Waals surface area contributed by atoms with E-state index in [4.69, 9.17) is 49.9 Å². The molecule has 0 saturated carbocycles. The van der Waals surface area contributed by atoms with Crippen LogP contribution >= 0.6 is 35.4 Å². The molecule has 0 radical (unpaired) electrons. The number of fused-ring (bicyclic) bond motifs is 1. The van der Waals surface area contributed by atoms with Crippen molar-refractivity contribution in [2.24, 2.45) is 0 Å². The Morgan fingerprint density at radius 3 is 2.53 bits per heavy atom. The number of carbonyl (C=O) groups excluding carboxylic acids is 1. The standard InChI is InChI=1S/C26H26Cl2N6O3S/c1-6-19(35)30-16-10-8-9-14(3)22(16)31-25-29-12-15-13-34(26(38)33(7-2)24(15)32-25)23-20(27)17(36-4)11-18(37-5)21(23)28/h6,8-12H,1,7,13H2,2-5H3,(H,30,35)(H,29,31,32). The van der Waals surface area contributed by atoms with Crippen LogP contribution in [0.15, 0.2) is 43.1 Å². The fraction of sp³-hybridized carbons (Fsp3) is 0.231. The zero-order chi connectivity index (χ0) is 27.6. The molecule has 3 aromatic rings. The molecule has 0 spiro atoms. The number of nitrogens with one attached hydrogen (secondary N) is 2. The maximum Gasteiger partial charge on any atom is 0.247 e. The lowest BCUT2D eigenvalue weighted by molar-refractivity contribution is -0.111. The smallest absolute Gasteiger partial charge is 0.247 e. The Morgan fingerprint density at radius 2 is 1.92 bits per heavy atom. The maximum absolute atomic E-state index is 11.9. The molecular weight excluding hydrogens is 547 g/mol. The van der Waals surface area contributed by atoms with E-state index in [1.807, 2.05) is 35.8 Å². The number of rotatable bonds is 8. The Kier molecular flexibility index (Phi) is 8.25. The lowest BCUT2D eigenvalue weighted by atomic mass is 10.1. The molecule has 2 aromatic carbocycles. The Balaban J connectivity index is 1.74. The van der Waals surface area contributed by atoms with Gasteiger partial charge < -0.3 is 29.9 Å². The number of aryl methyl sites for hydroxylation is 1. The summed E-state index contributed by atoms with van der Waals surface area (Å²) in [6.07, 6.45) is 2.94. The molecule has 0 bridgehead atoms. The predicted molar refractivity (Wildman–Crippen MR) is 157 cm³/mol. The summed E-state index contributed by atoms with van der Waals surface area (Å²) in [5.41, 5.74) is 3.45. The molecule has 2 N–H and O–H groups in total. The predicted octanol–water partition coefficient (Wildman–Crippen LogP) is 6.11. The molecule has 1 amide bonds. The van der Waals surface area contributed by atoms with E-state index in [1.54, 1.807) is 18.3 Å². The summed E-state index contributed by atoms with van der Waals surface area (Å²) in [5, 5.41) is 7.13. The SMILES string of the molecule is C=CC(=O)Nc1cccc(C)c1Nc1ncc2c(n1)N(CC)C(=S)N(c1c(Cl)c(OC)cc(OC)c1Cl)C2. The summed E-state index contributed by atoms with van der Waals surface area (Å²) in [6, 6.07) is 7.19. The second kappa shape index (κ2) is 11.4. The number of ether oxygens (including phenoxy) is 2. The van der Waals surface area contributed by atoms with Crippen LogP contribution in [-0.4, -0.2) is 41.8 Å². The quantitative estimate of drug-likeness (QED) is 0.245. The first-order valence-electron chi connectivity index (χ1n) is 11.6. The van der Waals surface area contributed by atoms with Crippen LogP contribution in [0.5, 0.6) is 11.5 Å². The summed E-state index contributed by atoms with van der Waals surface area (Å²) in [5.74, 6) is 1.50. The normalized spacial score (nSPS) is 12.6. The molecule has 38 heavy (non-hydrogen) atoms. The van der Waals surface area contributed by atoms with Crippen molar-refractivity contribution in [3.63, 3.8) is 0 Å². The van der Waals surface area contributed by atoms with Crippen molar-refractivity contribution < 1.29 is 14.3 Å². The number of amides is 1. The molecule has 1 aliphatic heterocycles. The van der Waals surface area contributed by atoms with Crippen LogP contribution in [0.2, 0.25) is 10.0 Å². The summed E-state index contributed by atoms with van der Waals surface area (Å²) >= 11 is 19.3. The molecule has 0 fully saturated rings. The average molecular weight is 574 g/mol. The highest BCUT2D eigenvalue weighted by Crippen LogP contribution is 2.48. The summed E-state index contributed by atoms with van der Waals surface area (Å²) in [7, 11) is 3.04. The fourth-order valence-electron chi connectivity index (χ4n) is 4.08. The van der Waals surface area contributed by atoms with Gasteiger partial charge in [-0.05, 0) is 43.8 Å². The van der Waals surface area contributed by atoms with E-state index in [2.05, 4.69) is 22.2 Å². The highest BCUT2D eigenvalue weighted by Gasteiger charge is 2.33. The third kappa shape index (κ3) is 5.07. The lowest BCUT2D eigenvalue weighted by Crippen LogP contribution is -2.48. The highest BCUT2D eigenvalue weighted by molar-refractivity contribution is 7.80. The number of para-hydroxylation sites is 1. The molecule has 12 heteroatoms. The first-order valence-corrected chi connectivity index (χ1v) is 12.7. The molecule has 1 aromatic heterocycles. The second-order valence-corrected chi connectivity index (χ2v) is 9.35. The molecule has 4 rings (SSSR count). The molecule has 2 heterocycles. The number of methoxy groups -OCH3 is 2. The summed E-state index contributed by atoms with van der Waals surface area (Å²) in [6.45, 7) is 8.26. The minimum atomic E-state index is -0.320. The average Bonchev–Trinajstić information content (AvgIpc) is 2.91.